The van der Waals surface area contributed by atoms with Crippen molar-refractivity contribution in [1.29, 1.82) is 0 Å². The van der Waals surface area contributed by atoms with Gasteiger partial charge in [-0.1, -0.05) is 22.0 Å². The molecule has 2 rings (SSSR count). The molecule has 1 aliphatic rings. The van der Waals surface area contributed by atoms with Crippen molar-refractivity contribution in [3.8, 4) is 0 Å². The van der Waals surface area contributed by atoms with E-state index in [1.165, 1.54) is 12.1 Å². The lowest BCUT2D eigenvalue weighted by Crippen LogP contribution is -2.45. The molecule has 1 N–H and O–H groups in total. The van der Waals surface area contributed by atoms with Gasteiger partial charge in [-0.2, -0.15) is 0 Å². The number of rotatable bonds is 5. The van der Waals surface area contributed by atoms with E-state index in [1.54, 1.807) is 6.08 Å². The van der Waals surface area contributed by atoms with Crippen molar-refractivity contribution < 1.29 is 8.78 Å². The van der Waals surface area contributed by atoms with E-state index < -0.39 is 11.6 Å². The minimum absolute atomic E-state index is 0. The maximum atomic E-state index is 14.2. The van der Waals surface area contributed by atoms with Crippen LogP contribution in [0.1, 0.15) is 24.4 Å². The fourth-order valence-electron chi connectivity index (χ4n) is 2.65. The number of piperazine rings is 1. The second-order valence-corrected chi connectivity index (χ2v) is 5.87. The Hall–Kier alpha value is -0.200. The van der Waals surface area contributed by atoms with Crippen molar-refractivity contribution in [2.75, 3.05) is 26.2 Å². The highest BCUT2D eigenvalue weighted by Gasteiger charge is 2.27. The second kappa shape index (κ2) is 10.6. The van der Waals surface area contributed by atoms with Gasteiger partial charge in [-0.05, 0) is 25.0 Å². The lowest BCUT2D eigenvalue weighted by atomic mass is 9.98. The Morgan fingerprint density at radius 1 is 1.23 bits per heavy atom. The average molecular weight is 418 g/mol. The number of allylic oxidation sites excluding steroid dienone is 1. The molecule has 0 radical (unpaired) electrons. The molecule has 1 saturated heterocycles. The van der Waals surface area contributed by atoms with Crippen molar-refractivity contribution in [3.05, 3.63) is 46.5 Å². The highest BCUT2D eigenvalue weighted by Crippen LogP contribution is 2.32. The summed E-state index contributed by atoms with van der Waals surface area (Å²) in [6.45, 7) is 7.01. The third-order valence-corrected chi connectivity index (χ3v) is 4.07. The number of hydrogen-bond acceptors (Lipinski definition) is 2. The van der Waals surface area contributed by atoms with Gasteiger partial charge in [0.05, 0.1) is 0 Å². The van der Waals surface area contributed by atoms with Crippen LogP contribution in [0.2, 0.25) is 0 Å². The molecule has 1 aromatic rings. The van der Waals surface area contributed by atoms with E-state index in [0.29, 0.717) is 10.9 Å². The predicted octanol–water partition coefficient (Wildman–Crippen LogP) is 4.48. The van der Waals surface area contributed by atoms with Crippen LogP contribution in [-0.2, 0) is 0 Å². The van der Waals surface area contributed by atoms with Crippen molar-refractivity contribution in [3.63, 3.8) is 0 Å². The summed E-state index contributed by atoms with van der Waals surface area (Å²) in [5.74, 6) is -0.964. The Balaban J connectivity index is 0.00000220. The molecule has 7 heteroatoms. The fraction of sp³-hybridized carbons (Fsp3) is 0.467. The van der Waals surface area contributed by atoms with Crippen LogP contribution in [0.5, 0.6) is 0 Å². The molecular weight excluding hydrogens is 397 g/mol. The van der Waals surface area contributed by atoms with Crippen molar-refractivity contribution in [2.45, 2.75) is 18.9 Å². The van der Waals surface area contributed by atoms with Gasteiger partial charge in [-0.25, -0.2) is 8.78 Å². The first-order valence-electron chi connectivity index (χ1n) is 6.83. The molecule has 1 aromatic carbocycles. The van der Waals surface area contributed by atoms with Crippen LogP contribution in [0.15, 0.2) is 29.3 Å². The van der Waals surface area contributed by atoms with Gasteiger partial charge in [0.1, 0.15) is 11.6 Å². The molecule has 0 unspecified atom stereocenters. The van der Waals surface area contributed by atoms with Crippen LogP contribution < -0.4 is 5.32 Å². The van der Waals surface area contributed by atoms with Gasteiger partial charge in [0.25, 0.3) is 0 Å². The summed E-state index contributed by atoms with van der Waals surface area (Å²) in [4.78, 5) is 2.15. The molecule has 0 bridgehead atoms. The van der Waals surface area contributed by atoms with Crippen LogP contribution in [0.3, 0.4) is 0 Å². The van der Waals surface area contributed by atoms with Crippen LogP contribution in [0, 0.1) is 11.6 Å². The highest BCUT2D eigenvalue weighted by atomic mass is 79.9. The number of nitrogens with zero attached hydrogens (tertiary/aromatic N) is 1. The molecule has 0 amide bonds. The van der Waals surface area contributed by atoms with Crippen molar-refractivity contribution >= 4 is 40.7 Å². The zero-order chi connectivity index (χ0) is 14.5. The molecule has 1 atom stereocenters. The van der Waals surface area contributed by atoms with Crippen molar-refractivity contribution in [1.82, 2.24) is 10.2 Å². The predicted molar refractivity (Wildman–Crippen MR) is 95.2 cm³/mol. The molecule has 1 fully saturated rings. The minimum Gasteiger partial charge on any atom is -0.314 e. The number of hydrogen-bond donors (Lipinski definition) is 1. The van der Waals surface area contributed by atoms with Gasteiger partial charge in [-0.15, -0.1) is 31.4 Å². The normalized spacial score (nSPS) is 16.3. The first-order valence-corrected chi connectivity index (χ1v) is 7.63. The molecule has 2 nitrogen and oxygen atoms in total. The van der Waals surface area contributed by atoms with E-state index in [9.17, 15) is 8.78 Å². The summed E-state index contributed by atoms with van der Waals surface area (Å²) in [6, 6.07) is 2.44. The largest absolute Gasteiger partial charge is 0.314 e. The lowest BCUT2D eigenvalue weighted by molar-refractivity contribution is 0.159. The first-order chi connectivity index (χ1) is 9.63. The third kappa shape index (κ3) is 5.46. The Morgan fingerprint density at radius 2 is 1.77 bits per heavy atom. The van der Waals surface area contributed by atoms with Gasteiger partial charge in [0, 0.05) is 42.3 Å². The number of halogens is 5. The van der Waals surface area contributed by atoms with Crippen LogP contribution in [-0.4, -0.2) is 31.1 Å². The summed E-state index contributed by atoms with van der Waals surface area (Å²) in [7, 11) is 0. The van der Waals surface area contributed by atoms with Crippen LogP contribution in [0.25, 0.3) is 0 Å². The van der Waals surface area contributed by atoms with Crippen molar-refractivity contribution in [2.24, 2.45) is 0 Å². The first kappa shape index (κ1) is 21.8. The van der Waals surface area contributed by atoms with E-state index in [4.69, 9.17) is 0 Å². The molecule has 1 heterocycles. The molecule has 126 valence electrons. The monoisotopic (exact) mass is 416 g/mol. The summed E-state index contributed by atoms with van der Waals surface area (Å²) >= 11 is 3.13. The van der Waals surface area contributed by atoms with E-state index in [-0.39, 0.29) is 36.4 Å². The van der Waals surface area contributed by atoms with Gasteiger partial charge >= 0.3 is 0 Å². The minimum atomic E-state index is -0.482. The summed E-state index contributed by atoms with van der Waals surface area (Å²) in [6.07, 6.45) is 3.21. The molecule has 1 aliphatic heterocycles. The zero-order valence-electron chi connectivity index (χ0n) is 12.2. The van der Waals surface area contributed by atoms with E-state index >= 15 is 0 Å². The number of nitrogens with one attached hydrogen (secondary N) is 1. The van der Waals surface area contributed by atoms with Gasteiger partial charge in [0.15, 0.2) is 0 Å². The van der Waals surface area contributed by atoms with Gasteiger partial charge < -0.3 is 5.32 Å². The quantitative estimate of drug-likeness (QED) is 0.710. The zero-order valence-corrected chi connectivity index (χ0v) is 15.4. The highest BCUT2D eigenvalue weighted by molar-refractivity contribution is 9.10. The Labute approximate surface area is 151 Å². The molecular formula is C15H21BrCl2F2N2. The van der Waals surface area contributed by atoms with Gasteiger partial charge in [0.2, 0.25) is 0 Å². The lowest BCUT2D eigenvalue weighted by Gasteiger charge is -2.35. The van der Waals surface area contributed by atoms with Gasteiger partial charge in [-0.3, -0.25) is 4.90 Å². The third-order valence-electron chi connectivity index (χ3n) is 3.61. The maximum absolute atomic E-state index is 14.2. The topological polar surface area (TPSA) is 15.3 Å². The molecule has 0 aliphatic carbocycles. The second-order valence-electron chi connectivity index (χ2n) is 4.95. The fourth-order valence-corrected chi connectivity index (χ4v) is 3.05. The van der Waals surface area contributed by atoms with E-state index in [0.717, 1.165) is 32.6 Å². The Bertz CT molecular complexity index is 460. The molecule has 0 saturated carbocycles. The Morgan fingerprint density at radius 3 is 2.27 bits per heavy atom. The van der Waals surface area contributed by atoms with E-state index in [1.807, 2.05) is 0 Å². The number of benzene rings is 1. The van der Waals surface area contributed by atoms with Crippen LogP contribution in [0.4, 0.5) is 8.78 Å². The molecule has 22 heavy (non-hydrogen) atoms. The smallest absolute Gasteiger partial charge is 0.132 e. The standard InChI is InChI=1S/C15H19BrF2N2.2ClH/c1-2-3-4-14(20-7-5-19-6-8-20)15-12(17)9-11(16)10-13(15)18;;/h2,9-10,14,19H,1,3-8H2;2*1H/t14-;;/m1../s1. The summed E-state index contributed by atoms with van der Waals surface area (Å²) in [5.41, 5.74) is 0.178. The average Bonchev–Trinajstić information content (AvgIpc) is 2.42. The maximum Gasteiger partial charge on any atom is 0.132 e. The van der Waals surface area contributed by atoms with Crippen LogP contribution >= 0.6 is 40.7 Å². The van der Waals surface area contributed by atoms with E-state index in [2.05, 4.69) is 32.7 Å². The molecule has 0 spiro atoms. The Kier molecular flexibility index (Phi) is 10.5. The molecule has 0 aromatic heterocycles. The summed E-state index contributed by atoms with van der Waals surface area (Å²) < 4.78 is 28.8. The SMILES string of the molecule is C=CCC[C@H](c1c(F)cc(Br)cc1F)N1CCNCC1.Cl.Cl. The summed E-state index contributed by atoms with van der Waals surface area (Å²) in [5, 5.41) is 3.26.